The largest absolute Gasteiger partial charge is 0.307 e. The van der Waals surface area contributed by atoms with Gasteiger partial charge in [0.05, 0.1) is 5.54 Å². The van der Waals surface area contributed by atoms with Crippen LogP contribution in [0.25, 0.3) is 0 Å². The Kier molecular flexibility index (Phi) is 4.94. The second kappa shape index (κ2) is 5.64. The molecule has 0 bridgehead atoms. The average molecular weight is 247 g/mol. The number of alkyl halides is 2. The smallest absolute Gasteiger partial charge is 0.256 e. The number of nitrogens with one attached hydrogen (secondary N) is 1. The molecular weight excluding hydrogens is 220 g/mol. The summed E-state index contributed by atoms with van der Waals surface area (Å²) in [5.74, 6) is 0.571. The van der Waals surface area contributed by atoms with Crippen LogP contribution in [0, 0.1) is 11.3 Å². The Labute approximate surface area is 104 Å². The maximum Gasteiger partial charge on any atom is 0.256 e. The van der Waals surface area contributed by atoms with Gasteiger partial charge < -0.3 is 5.32 Å². The minimum Gasteiger partial charge on any atom is -0.307 e. The molecule has 0 radical (unpaired) electrons. The van der Waals surface area contributed by atoms with Gasteiger partial charge in [-0.2, -0.15) is 0 Å². The molecule has 0 amide bonds. The molecule has 17 heavy (non-hydrogen) atoms. The van der Waals surface area contributed by atoms with Gasteiger partial charge >= 0.3 is 0 Å². The predicted octanol–water partition coefficient (Wildman–Crippen LogP) is 4.23. The van der Waals surface area contributed by atoms with E-state index < -0.39 is 12.0 Å². The fourth-order valence-corrected chi connectivity index (χ4v) is 3.06. The molecule has 0 saturated heterocycles. The van der Waals surface area contributed by atoms with E-state index in [0.29, 0.717) is 25.3 Å². The topological polar surface area (TPSA) is 12.0 Å². The van der Waals surface area contributed by atoms with Crippen LogP contribution in [0.3, 0.4) is 0 Å². The van der Waals surface area contributed by atoms with Gasteiger partial charge in [0.1, 0.15) is 0 Å². The van der Waals surface area contributed by atoms with E-state index in [-0.39, 0.29) is 5.41 Å². The summed E-state index contributed by atoms with van der Waals surface area (Å²) in [5.41, 5.74) is -0.681. The zero-order valence-corrected chi connectivity index (χ0v) is 11.7. The van der Waals surface area contributed by atoms with Crippen LogP contribution in [0.5, 0.6) is 0 Å². The van der Waals surface area contributed by atoms with Gasteiger partial charge in [0.2, 0.25) is 0 Å². The summed E-state index contributed by atoms with van der Waals surface area (Å²) in [4.78, 5) is 0. The second-order valence-electron chi connectivity index (χ2n) is 6.48. The molecule has 102 valence electrons. The molecule has 2 unspecified atom stereocenters. The SMILES string of the molecule is CCNC1(C(F)F)CCCC(C(C)(C)C)CC1. The third-order valence-electron chi connectivity index (χ3n) is 4.29. The van der Waals surface area contributed by atoms with E-state index in [0.717, 1.165) is 19.3 Å². The number of hydrogen-bond acceptors (Lipinski definition) is 1. The van der Waals surface area contributed by atoms with Crippen LogP contribution < -0.4 is 5.32 Å². The lowest BCUT2D eigenvalue weighted by atomic mass is 9.76. The van der Waals surface area contributed by atoms with Crippen molar-refractivity contribution in [2.24, 2.45) is 11.3 Å². The van der Waals surface area contributed by atoms with E-state index in [4.69, 9.17) is 0 Å². The number of halogens is 2. The Balaban J connectivity index is 2.73. The Morgan fingerprint density at radius 3 is 2.35 bits per heavy atom. The molecule has 1 saturated carbocycles. The van der Waals surface area contributed by atoms with Crippen LogP contribution in [0.1, 0.15) is 59.8 Å². The lowest BCUT2D eigenvalue weighted by molar-refractivity contribution is 0.0192. The van der Waals surface area contributed by atoms with Crippen molar-refractivity contribution in [3.05, 3.63) is 0 Å². The van der Waals surface area contributed by atoms with Crippen molar-refractivity contribution in [2.45, 2.75) is 71.8 Å². The maximum atomic E-state index is 13.3. The third kappa shape index (κ3) is 3.64. The van der Waals surface area contributed by atoms with Crippen molar-refractivity contribution in [1.82, 2.24) is 5.32 Å². The first-order chi connectivity index (χ1) is 7.82. The van der Waals surface area contributed by atoms with Crippen molar-refractivity contribution in [1.29, 1.82) is 0 Å². The molecular formula is C14H27F2N. The molecule has 0 aromatic rings. The van der Waals surface area contributed by atoms with E-state index in [1.165, 1.54) is 0 Å². The monoisotopic (exact) mass is 247 g/mol. The fraction of sp³-hybridized carbons (Fsp3) is 1.00. The number of rotatable bonds is 3. The van der Waals surface area contributed by atoms with Gasteiger partial charge in [0, 0.05) is 0 Å². The predicted molar refractivity (Wildman–Crippen MR) is 68.4 cm³/mol. The highest BCUT2D eigenvalue weighted by Crippen LogP contribution is 2.41. The maximum absolute atomic E-state index is 13.3. The third-order valence-corrected chi connectivity index (χ3v) is 4.29. The lowest BCUT2D eigenvalue weighted by Crippen LogP contribution is -2.51. The standard InChI is InChI=1S/C14H27F2N/c1-5-17-14(12(15)16)9-6-7-11(8-10-14)13(2,3)4/h11-12,17H,5-10H2,1-4H3. The molecule has 1 nitrogen and oxygen atoms in total. The molecule has 0 aliphatic heterocycles. The molecule has 1 fully saturated rings. The highest BCUT2D eigenvalue weighted by Gasteiger charge is 2.42. The normalized spacial score (nSPS) is 31.6. The second-order valence-corrected chi connectivity index (χ2v) is 6.48. The van der Waals surface area contributed by atoms with E-state index >= 15 is 0 Å². The Hall–Kier alpha value is -0.180. The van der Waals surface area contributed by atoms with E-state index in [1.807, 2.05) is 6.92 Å². The van der Waals surface area contributed by atoms with Crippen LogP contribution >= 0.6 is 0 Å². The number of hydrogen-bond donors (Lipinski definition) is 1. The van der Waals surface area contributed by atoms with E-state index in [1.54, 1.807) is 0 Å². The summed E-state index contributed by atoms with van der Waals surface area (Å²) < 4.78 is 26.6. The average Bonchev–Trinajstić information content (AvgIpc) is 2.41. The quantitative estimate of drug-likeness (QED) is 0.736. The molecule has 1 aliphatic rings. The summed E-state index contributed by atoms with van der Waals surface area (Å²) >= 11 is 0. The van der Waals surface area contributed by atoms with Crippen molar-refractivity contribution in [3.8, 4) is 0 Å². The van der Waals surface area contributed by atoms with E-state index in [9.17, 15) is 8.78 Å². The summed E-state index contributed by atoms with van der Waals surface area (Å²) in [6.45, 7) is 9.21. The molecule has 1 rings (SSSR count). The Bertz CT molecular complexity index is 235. The van der Waals surface area contributed by atoms with Crippen LogP contribution in [0.4, 0.5) is 8.78 Å². The first kappa shape index (κ1) is 14.9. The van der Waals surface area contributed by atoms with Crippen LogP contribution in [0.15, 0.2) is 0 Å². The molecule has 0 aromatic carbocycles. The molecule has 2 atom stereocenters. The van der Waals surface area contributed by atoms with Gasteiger partial charge in [0.25, 0.3) is 6.43 Å². The zero-order chi connectivity index (χ0) is 13.1. The minimum absolute atomic E-state index is 0.240. The summed E-state index contributed by atoms with van der Waals surface area (Å²) in [6.07, 6.45) is 1.90. The molecule has 1 aliphatic carbocycles. The Morgan fingerprint density at radius 2 is 1.88 bits per heavy atom. The Morgan fingerprint density at radius 1 is 1.24 bits per heavy atom. The van der Waals surface area contributed by atoms with Gasteiger partial charge in [-0.15, -0.1) is 0 Å². The molecule has 0 aromatic heterocycles. The highest BCUT2D eigenvalue weighted by atomic mass is 19.3. The first-order valence-corrected chi connectivity index (χ1v) is 6.85. The van der Waals surface area contributed by atoms with Crippen LogP contribution in [-0.2, 0) is 0 Å². The van der Waals surface area contributed by atoms with Gasteiger partial charge in [-0.05, 0) is 43.6 Å². The van der Waals surface area contributed by atoms with Crippen molar-refractivity contribution in [3.63, 3.8) is 0 Å². The molecule has 1 N–H and O–H groups in total. The van der Waals surface area contributed by atoms with Crippen LogP contribution in [0.2, 0.25) is 0 Å². The minimum atomic E-state index is -2.25. The van der Waals surface area contributed by atoms with Gasteiger partial charge in [-0.1, -0.05) is 34.1 Å². The molecule has 3 heteroatoms. The van der Waals surface area contributed by atoms with Crippen molar-refractivity contribution >= 4 is 0 Å². The van der Waals surface area contributed by atoms with E-state index in [2.05, 4.69) is 26.1 Å². The summed E-state index contributed by atoms with van der Waals surface area (Å²) in [6, 6.07) is 0. The van der Waals surface area contributed by atoms with Gasteiger partial charge in [-0.3, -0.25) is 0 Å². The molecule has 0 spiro atoms. The summed E-state index contributed by atoms with van der Waals surface area (Å²) in [5, 5.41) is 3.06. The zero-order valence-electron chi connectivity index (χ0n) is 11.7. The van der Waals surface area contributed by atoms with Gasteiger partial charge in [0.15, 0.2) is 0 Å². The summed E-state index contributed by atoms with van der Waals surface area (Å²) in [7, 11) is 0. The van der Waals surface area contributed by atoms with Crippen LogP contribution in [-0.4, -0.2) is 18.5 Å². The molecule has 0 heterocycles. The van der Waals surface area contributed by atoms with Crippen molar-refractivity contribution in [2.75, 3.05) is 6.54 Å². The lowest BCUT2D eigenvalue weighted by Gasteiger charge is -2.34. The highest BCUT2D eigenvalue weighted by molar-refractivity contribution is 4.94. The van der Waals surface area contributed by atoms with Gasteiger partial charge in [-0.25, -0.2) is 8.78 Å². The fourth-order valence-electron chi connectivity index (χ4n) is 3.06. The van der Waals surface area contributed by atoms with Crippen molar-refractivity contribution < 1.29 is 8.78 Å². The first-order valence-electron chi connectivity index (χ1n) is 6.85.